The number of ether oxygens (including phenoxy) is 2. The number of hydrogen-bond acceptors (Lipinski definition) is 8. The number of piperazine rings is 1. The van der Waals surface area contributed by atoms with Gasteiger partial charge in [0.2, 0.25) is 6.79 Å². The van der Waals surface area contributed by atoms with Gasteiger partial charge in [-0.05, 0) is 42.4 Å². The molecule has 0 radical (unpaired) electrons. The third-order valence-corrected chi connectivity index (χ3v) is 7.25. The summed E-state index contributed by atoms with van der Waals surface area (Å²) in [7, 11) is 2.13. The molecule has 4 heterocycles. The molecule has 0 spiro atoms. The van der Waals surface area contributed by atoms with Crippen molar-refractivity contribution in [1.29, 1.82) is 0 Å². The number of fused-ring (bicyclic) bond motifs is 2. The van der Waals surface area contributed by atoms with Crippen LogP contribution in [0.3, 0.4) is 0 Å². The van der Waals surface area contributed by atoms with Crippen molar-refractivity contribution in [3.63, 3.8) is 0 Å². The van der Waals surface area contributed by atoms with E-state index in [9.17, 15) is 4.79 Å². The fourth-order valence-electron chi connectivity index (χ4n) is 5.36. The summed E-state index contributed by atoms with van der Waals surface area (Å²) in [6.07, 6.45) is 5.78. The van der Waals surface area contributed by atoms with E-state index >= 15 is 0 Å². The van der Waals surface area contributed by atoms with Crippen molar-refractivity contribution < 1.29 is 9.47 Å². The summed E-state index contributed by atoms with van der Waals surface area (Å²) in [4.78, 5) is 21.1. The molecule has 2 aromatic heterocycles. The van der Waals surface area contributed by atoms with Gasteiger partial charge in [0.1, 0.15) is 6.04 Å². The van der Waals surface area contributed by atoms with E-state index in [-0.39, 0.29) is 24.4 Å². The van der Waals surface area contributed by atoms with Gasteiger partial charge in [-0.3, -0.25) is 9.69 Å². The molecule has 1 N–H and O–H groups in total. The van der Waals surface area contributed by atoms with E-state index in [2.05, 4.69) is 37.4 Å². The fourth-order valence-corrected chi connectivity index (χ4v) is 5.36. The third kappa shape index (κ3) is 3.76. The largest absolute Gasteiger partial charge is 0.454 e. The number of hydrogen-bond donors (Lipinski definition) is 1. The Morgan fingerprint density at radius 1 is 1.03 bits per heavy atom. The molecule has 1 aromatic carbocycles. The first-order chi connectivity index (χ1) is 16.2. The number of likely N-dealkylation sites (N-methyl/N-ethyl adjacent to an activating group) is 1. The highest BCUT2D eigenvalue weighted by Crippen LogP contribution is 2.37. The number of rotatable bonds is 4. The number of benzene rings is 1. The van der Waals surface area contributed by atoms with E-state index in [0.717, 1.165) is 55.7 Å². The zero-order chi connectivity index (χ0) is 22.4. The van der Waals surface area contributed by atoms with Crippen LogP contribution in [0, 0.1) is 0 Å². The second-order valence-electron chi connectivity index (χ2n) is 9.36. The van der Waals surface area contributed by atoms with E-state index in [0.29, 0.717) is 17.1 Å². The Hall–Kier alpha value is -2.98. The van der Waals surface area contributed by atoms with Gasteiger partial charge in [-0.15, -0.1) is 5.10 Å². The molecular formula is C23H29N7O3. The molecule has 3 aliphatic rings. The molecular weight excluding hydrogens is 422 g/mol. The predicted octanol–water partition coefficient (Wildman–Crippen LogP) is 2.09. The molecule has 174 valence electrons. The lowest BCUT2D eigenvalue weighted by Crippen LogP contribution is -2.47. The summed E-state index contributed by atoms with van der Waals surface area (Å²) in [5, 5.41) is 13.9. The Balaban J connectivity index is 1.47. The van der Waals surface area contributed by atoms with Gasteiger partial charge < -0.3 is 19.4 Å². The van der Waals surface area contributed by atoms with Crippen LogP contribution in [-0.2, 0) is 0 Å². The van der Waals surface area contributed by atoms with Gasteiger partial charge in [0.05, 0.1) is 11.6 Å². The molecule has 0 amide bonds. The summed E-state index contributed by atoms with van der Waals surface area (Å²) in [6.45, 7) is 3.76. The highest BCUT2D eigenvalue weighted by atomic mass is 16.7. The lowest BCUT2D eigenvalue weighted by Gasteiger charge is -2.37. The van der Waals surface area contributed by atoms with E-state index in [1.807, 2.05) is 22.9 Å². The monoisotopic (exact) mass is 451 g/mol. The topological polar surface area (TPSA) is 101 Å². The van der Waals surface area contributed by atoms with Crippen LogP contribution in [0.2, 0.25) is 0 Å². The average molecular weight is 452 g/mol. The standard InChI is InChI=1S/C23H29N7O3/c1-28-7-9-29(10-8-28)21(22-25-26-27-30(22)16-5-3-2-4-6-16)17-11-15-12-19-20(33-14-32-19)13-18(15)24-23(17)31/h11-13,16,21H,2-10,14H2,1H3,(H,24,31)/t21-/m0/s1. The minimum Gasteiger partial charge on any atom is -0.454 e. The molecule has 2 fully saturated rings. The van der Waals surface area contributed by atoms with E-state index in [1.54, 1.807) is 0 Å². The van der Waals surface area contributed by atoms with Gasteiger partial charge in [-0.2, -0.15) is 0 Å². The fraction of sp³-hybridized carbons (Fsp3) is 0.565. The van der Waals surface area contributed by atoms with Crippen molar-refractivity contribution in [3.05, 3.63) is 39.9 Å². The molecule has 2 aliphatic heterocycles. The van der Waals surface area contributed by atoms with E-state index in [1.165, 1.54) is 19.3 Å². The SMILES string of the molecule is CN1CCN([C@@H](c2cc3cc4c(cc3[nH]c2=O)OCO4)c2nnnn2C2CCCCC2)CC1. The van der Waals surface area contributed by atoms with Crippen molar-refractivity contribution in [3.8, 4) is 11.5 Å². The number of aromatic nitrogens is 5. The Morgan fingerprint density at radius 3 is 2.58 bits per heavy atom. The molecule has 0 unspecified atom stereocenters. The summed E-state index contributed by atoms with van der Waals surface area (Å²) in [5.41, 5.74) is 1.28. The van der Waals surface area contributed by atoms with Crippen LogP contribution in [0.25, 0.3) is 10.9 Å². The van der Waals surface area contributed by atoms with Crippen molar-refractivity contribution in [2.45, 2.75) is 44.2 Å². The summed E-state index contributed by atoms with van der Waals surface area (Å²) >= 11 is 0. The van der Waals surface area contributed by atoms with Crippen molar-refractivity contribution in [2.24, 2.45) is 0 Å². The Bertz CT molecular complexity index is 1210. The molecule has 1 aliphatic carbocycles. The molecule has 3 aromatic rings. The van der Waals surface area contributed by atoms with Crippen LogP contribution < -0.4 is 15.0 Å². The van der Waals surface area contributed by atoms with Crippen LogP contribution in [0.5, 0.6) is 11.5 Å². The maximum absolute atomic E-state index is 13.4. The zero-order valence-electron chi connectivity index (χ0n) is 18.9. The minimum absolute atomic E-state index is 0.122. The molecule has 6 rings (SSSR count). The molecule has 1 saturated carbocycles. The van der Waals surface area contributed by atoms with Crippen molar-refractivity contribution in [2.75, 3.05) is 40.0 Å². The first kappa shape index (κ1) is 20.6. The zero-order valence-corrected chi connectivity index (χ0v) is 18.9. The van der Waals surface area contributed by atoms with Crippen LogP contribution >= 0.6 is 0 Å². The first-order valence-electron chi connectivity index (χ1n) is 11.8. The highest BCUT2D eigenvalue weighted by molar-refractivity contribution is 5.83. The number of nitrogens with zero attached hydrogens (tertiary/aromatic N) is 6. The van der Waals surface area contributed by atoms with Crippen LogP contribution in [0.1, 0.15) is 55.6 Å². The summed E-state index contributed by atoms with van der Waals surface area (Å²) in [6, 6.07) is 5.71. The highest BCUT2D eigenvalue weighted by Gasteiger charge is 2.34. The van der Waals surface area contributed by atoms with E-state index in [4.69, 9.17) is 9.47 Å². The number of H-pyrrole nitrogens is 1. The summed E-state index contributed by atoms with van der Waals surface area (Å²) in [5.74, 6) is 2.11. The van der Waals surface area contributed by atoms with Gasteiger partial charge in [0.25, 0.3) is 5.56 Å². The molecule has 33 heavy (non-hydrogen) atoms. The third-order valence-electron chi connectivity index (χ3n) is 7.25. The van der Waals surface area contributed by atoms with Gasteiger partial charge in [0.15, 0.2) is 17.3 Å². The normalized spacial score (nSPS) is 21.0. The van der Waals surface area contributed by atoms with Crippen molar-refractivity contribution in [1.82, 2.24) is 35.0 Å². The molecule has 10 heteroatoms. The predicted molar refractivity (Wildman–Crippen MR) is 122 cm³/mol. The molecule has 10 nitrogen and oxygen atoms in total. The smallest absolute Gasteiger partial charge is 0.253 e. The molecule has 1 saturated heterocycles. The maximum atomic E-state index is 13.4. The first-order valence-corrected chi connectivity index (χ1v) is 11.8. The number of nitrogens with one attached hydrogen (secondary N) is 1. The minimum atomic E-state index is -0.311. The second-order valence-corrected chi connectivity index (χ2v) is 9.36. The Labute approximate surface area is 191 Å². The lowest BCUT2D eigenvalue weighted by molar-refractivity contribution is 0.119. The van der Waals surface area contributed by atoms with Crippen LogP contribution in [-0.4, -0.2) is 75.0 Å². The van der Waals surface area contributed by atoms with Crippen LogP contribution in [0.15, 0.2) is 23.0 Å². The number of aromatic amines is 1. The Morgan fingerprint density at radius 2 is 1.79 bits per heavy atom. The average Bonchev–Trinajstić information content (AvgIpc) is 3.49. The Kier molecular flexibility index (Phi) is 5.26. The van der Waals surface area contributed by atoms with Crippen LogP contribution in [0.4, 0.5) is 0 Å². The quantitative estimate of drug-likeness (QED) is 0.644. The lowest BCUT2D eigenvalue weighted by atomic mass is 9.95. The number of pyridine rings is 1. The van der Waals surface area contributed by atoms with Gasteiger partial charge in [-0.25, -0.2) is 4.68 Å². The second kappa shape index (κ2) is 8.42. The van der Waals surface area contributed by atoms with Crippen molar-refractivity contribution >= 4 is 10.9 Å². The maximum Gasteiger partial charge on any atom is 0.253 e. The van der Waals surface area contributed by atoms with Gasteiger partial charge in [-0.1, -0.05) is 19.3 Å². The van der Waals surface area contributed by atoms with E-state index < -0.39 is 0 Å². The molecule has 0 bridgehead atoms. The number of tetrazole rings is 1. The summed E-state index contributed by atoms with van der Waals surface area (Å²) < 4.78 is 13.0. The molecule has 1 atom stereocenters. The van der Waals surface area contributed by atoms with Gasteiger partial charge >= 0.3 is 0 Å². The van der Waals surface area contributed by atoms with Gasteiger partial charge in [0, 0.05) is 43.2 Å².